The van der Waals surface area contributed by atoms with Gasteiger partial charge in [0, 0.05) is 13.0 Å². The topological polar surface area (TPSA) is 95.9 Å². The third kappa shape index (κ3) is 6.27. The summed E-state index contributed by atoms with van der Waals surface area (Å²) in [6.45, 7) is 5.60. The van der Waals surface area contributed by atoms with Crippen molar-refractivity contribution in [2.45, 2.75) is 64.1 Å². The highest BCUT2D eigenvalue weighted by atomic mass is 16.6. The lowest BCUT2D eigenvalue weighted by atomic mass is 9.99. The number of carboxylic acids is 1. The van der Waals surface area contributed by atoms with Gasteiger partial charge in [-0.25, -0.2) is 9.59 Å². The zero-order valence-corrected chi connectivity index (χ0v) is 16.1. The molecule has 148 valence electrons. The van der Waals surface area contributed by atoms with Crippen LogP contribution in [0.1, 0.15) is 45.6 Å². The van der Waals surface area contributed by atoms with Crippen molar-refractivity contribution in [2.75, 3.05) is 6.54 Å². The van der Waals surface area contributed by atoms with Crippen LogP contribution in [0.25, 0.3) is 0 Å². The van der Waals surface area contributed by atoms with Crippen molar-refractivity contribution >= 4 is 18.0 Å². The van der Waals surface area contributed by atoms with Crippen LogP contribution in [-0.2, 0) is 20.7 Å². The first-order valence-corrected chi connectivity index (χ1v) is 9.24. The van der Waals surface area contributed by atoms with E-state index in [1.165, 1.54) is 4.90 Å². The molecule has 1 heterocycles. The zero-order chi connectivity index (χ0) is 20.0. The van der Waals surface area contributed by atoms with Gasteiger partial charge in [0.05, 0.1) is 0 Å². The van der Waals surface area contributed by atoms with Gasteiger partial charge < -0.3 is 20.1 Å². The Morgan fingerprint density at radius 2 is 1.89 bits per heavy atom. The van der Waals surface area contributed by atoms with Gasteiger partial charge in [0.25, 0.3) is 0 Å². The maximum absolute atomic E-state index is 13.1. The van der Waals surface area contributed by atoms with Crippen LogP contribution in [-0.4, -0.2) is 52.2 Å². The van der Waals surface area contributed by atoms with Gasteiger partial charge in [-0.2, -0.15) is 0 Å². The Morgan fingerprint density at radius 3 is 2.48 bits per heavy atom. The van der Waals surface area contributed by atoms with E-state index in [-0.39, 0.29) is 6.42 Å². The van der Waals surface area contributed by atoms with E-state index in [9.17, 15) is 19.5 Å². The van der Waals surface area contributed by atoms with Crippen molar-refractivity contribution in [3.8, 4) is 0 Å². The average Bonchev–Trinajstić information content (AvgIpc) is 2.59. The van der Waals surface area contributed by atoms with Gasteiger partial charge in [0.2, 0.25) is 5.91 Å². The number of ether oxygens (including phenoxy) is 1. The summed E-state index contributed by atoms with van der Waals surface area (Å²) < 4.78 is 5.28. The number of rotatable bonds is 5. The fraction of sp³-hybridized carbons (Fsp3) is 0.550. The van der Waals surface area contributed by atoms with E-state index in [0.717, 1.165) is 18.4 Å². The molecule has 1 fully saturated rings. The molecule has 0 unspecified atom stereocenters. The van der Waals surface area contributed by atoms with E-state index in [2.05, 4.69) is 5.32 Å². The second kappa shape index (κ2) is 8.88. The lowest BCUT2D eigenvalue weighted by molar-refractivity contribution is -0.152. The summed E-state index contributed by atoms with van der Waals surface area (Å²) in [5, 5.41) is 12.1. The van der Waals surface area contributed by atoms with Crippen LogP contribution in [0.3, 0.4) is 0 Å². The molecule has 1 aliphatic rings. The van der Waals surface area contributed by atoms with Crippen molar-refractivity contribution in [1.29, 1.82) is 0 Å². The Morgan fingerprint density at radius 1 is 1.22 bits per heavy atom. The molecule has 7 heteroatoms. The number of hydrogen-bond acceptors (Lipinski definition) is 4. The van der Waals surface area contributed by atoms with Crippen LogP contribution in [0, 0.1) is 0 Å². The highest BCUT2D eigenvalue weighted by Gasteiger charge is 2.36. The van der Waals surface area contributed by atoms with Crippen LogP contribution in [0.4, 0.5) is 4.79 Å². The summed E-state index contributed by atoms with van der Waals surface area (Å²) in [4.78, 5) is 38.3. The predicted octanol–water partition coefficient (Wildman–Crippen LogP) is 2.59. The van der Waals surface area contributed by atoms with Gasteiger partial charge in [-0.15, -0.1) is 0 Å². The summed E-state index contributed by atoms with van der Waals surface area (Å²) in [5.41, 5.74) is 0.176. The summed E-state index contributed by atoms with van der Waals surface area (Å²) in [6.07, 6.45) is 1.51. The Kier molecular flexibility index (Phi) is 6.82. The molecule has 2 amide bonds. The van der Waals surface area contributed by atoms with Gasteiger partial charge in [-0.05, 0) is 45.6 Å². The molecule has 0 aromatic heterocycles. The maximum Gasteiger partial charge on any atom is 0.408 e. The lowest BCUT2D eigenvalue weighted by Crippen LogP contribution is -2.56. The van der Waals surface area contributed by atoms with Gasteiger partial charge in [0.1, 0.15) is 17.7 Å². The average molecular weight is 376 g/mol. The number of aliphatic carboxylic acids is 1. The second-order valence-corrected chi connectivity index (χ2v) is 7.77. The van der Waals surface area contributed by atoms with E-state index in [0.29, 0.717) is 13.0 Å². The first-order chi connectivity index (χ1) is 12.7. The number of hydrogen-bond donors (Lipinski definition) is 2. The quantitative estimate of drug-likeness (QED) is 0.823. The van der Waals surface area contributed by atoms with Crippen LogP contribution >= 0.6 is 0 Å². The third-order valence-corrected chi connectivity index (χ3v) is 4.34. The second-order valence-electron chi connectivity index (χ2n) is 7.77. The Balaban J connectivity index is 2.20. The molecule has 1 aromatic rings. The van der Waals surface area contributed by atoms with E-state index < -0.39 is 35.7 Å². The summed E-state index contributed by atoms with van der Waals surface area (Å²) in [6, 6.07) is 7.56. The molecular weight excluding hydrogens is 348 g/mol. The minimum absolute atomic E-state index is 0.266. The molecule has 0 bridgehead atoms. The molecule has 0 radical (unpaired) electrons. The highest BCUT2D eigenvalue weighted by Crippen LogP contribution is 2.19. The zero-order valence-electron chi connectivity index (χ0n) is 16.1. The third-order valence-electron chi connectivity index (χ3n) is 4.34. The molecule has 1 aliphatic heterocycles. The Labute approximate surface area is 159 Å². The smallest absolute Gasteiger partial charge is 0.408 e. The van der Waals surface area contributed by atoms with E-state index in [1.54, 1.807) is 20.8 Å². The van der Waals surface area contributed by atoms with E-state index in [4.69, 9.17) is 4.74 Å². The van der Waals surface area contributed by atoms with Gasteiger partial charge in [0.15, 0.2) is 0 Å². The molecule has 27 heavy (non-hydrogen) atoms. The fourth-order valence-electron chi connectivity index (χ4n) is 3.15. The van der Waals surface area contributed by atoms with Crippen LogP contribution in [0.2, 0.25) is 0 Å². The molecule has 1 saturated heterocycles. The normalized spacial score (nSPS) is 18.5. The molecule has 0 spiro atoms. The number of nitrogens with one attached hydrogen (secondary N) is 1. The number of benzene rings is 1. The van der Waals surface area contributed by atoms with Gasteiger partial charge in [-0.3, -0.25) is 4.79 Å². The Hall–Kier alpha value is -2.57. The van der Waals surface area contributed by atoms with Gasteiger partial charge in [-0.1, -0.05) is 30.3 Å². The fourth-order valence-corrected chi connectivity index (χ4v) is 3.15. The standard InChI is InChI=1S/C20H28N2O5/c1-20(2,3)27-19(26)21-15(13-14-9-5-4-6-10-14)17(23)22-12-8-7-11-16(22)18(24)25/h4-6,9-10,15-16H,7-8,11-13H2,1-3H3,(H,21,26)(H,24,25)/t15-,16+/m1/s1. The number of amides is 2. The van der Waals surface area contributed by atoms with Crippen LogP contribution in [0.5, 0.6) is 0 Å². The van der Waals surface area contributed by atoms with Crippen molar-refractivity contribution in [2.24, 2.45) is 0 Å². The van der Waals surface area contributed by atoms with Crippen molar-refractivity contribution in [3.05, 3.63) is 35.9 Å². The lowest BCUT2D eigenvalue weighted by Gasteiger charge is -2.35. The minimum atomic E-state index is -1.02. The molecule has 2 N–H and O–H groups in total. The Bertz CT molecular complexity index is 669. The molecule has 0 saturated carbocycles. The monoisotopic (exact) mass is 376 g/mol. The molecule has 7 nitrogen and oxygen atoms in total. The number of carbonyl (C=O) groups excluding carboxylic acids is 2. The summed E-state index contributed by atoms with van der Waals surface area (Å²) in [7, 11) is 0. The van der Waals surface area contributed by atoms with Crippen molar-refractivity contribution in [3.63, 3.8) is 0 Å². The molecule has 2 atom stereocenters. The van der Waals surface area contributed by atoms with Crippen molar-refractivity contribution in [1.82, 2.24) is 10.2 Å². The molecule has 2 rings (SSSR count). The van der Waals surface area contributed by atoms with E-state index >= 15 is 0 Å². The van der Waals surface area contributed by atoms with Crippen LogP contribution in [0.15, 0.2) is 30.3 Å². The largest absolute Gasteiger partial charge is 0.480 e. The first kappa shape index (κ1) is 20.7. The van der Waals surface area contributed by atoms with E-state index in [1.807, 2.05) is 30.3 Å². The first-order valence-electron chi connectivity index (χ1n) is 9.24. The number of likely N-dealkylation sites (tertiary alicyclic amines) is 1. The molecule has 1 aromatic carbocycles. The minimum Gasteiger partial charge on any atom is -0.480 e. The summed E-state index contributed by atoms with van der Waals surface area (Å²) in [5.74, 6) is -1.41. The number of carbonyl (C=O) groups is 3. The number of alkyl carbamates (subject to hydrolysis) is 1. The number of nitrogens with zero attached hydrogens (tertiary/aromatic N) is 1. The predicted molar refractivity (Wildman–Crippen MR) is 100 cm³/mol. The van der Waals surface area contributed by atoms with Gasteiger partial charge >= 0.3 is 12.1 Å². The summed E-state index contributed by atoms with van der Waals surface area (Å²) >= 11 is 0. The highest BCUT2D eigenvalue weighted by molar-refractivity contribution is 5.89. The number of carboxylic acid groups (broad SMARTS) is 1. The SMILES string of the molecule is CC(C)(C)OC(=O)N[C@H](Cc1ccccc1)C(=O)N1CCCC[C@H]1C(=O)O. The van der Waals surface area contributed by atoms with Crippen LogP contribution < -0.4 is 5.32 Å². The molecule has 0 aliphatic carbocycles. The maximum atomic E-state index is 13.1. The van der Waals surface area contributed by atoms with Crippen molar-refractivity contribution < 1.29 is 24.2 Å². The molecular formula is C20H28N2O5. The number of piperidine rings is 1.